The quantitative estimate of drug-likeness (QED) is 0.841. The molecule has 1 heterocycles. The summed E-state index contributed by atoms with van der Waals surface area (Å²) in [5, 5.41) is 18.2. The molecule has 2 N–H and O–H groups in total. The van der Waals surface area contributed by atoms with E-state index in [1.807, 2.05) is 0 Å². The van der Waals surface area contributed by atoms with Gasteiger partial charge in [0.1, 0.15) is 16.7 Å². The van der Waals surface area contributed by atoms with E-state index in [9.17, 15) is 14.7 Å². The van der Waals surface area contributed by atoms with Crippen molar-refractivity contribution in [3.8, 4) is 11.5 Å². The zero-order valence-corrected chi connectivity index (χ0v) is 10.5. The smallest absolute Gasteiger partial charge is 0.316 e. The van der Waals surface area contributed by atoms with Crippen molar-refractivity contribution >= 4 is 23.5 Å². The van der Waals surface area contributed by atoms with E-state index in [0.717, 1.165) is 11.8 Å². The molecule has 0 aliphatic carbocycles. The third-order valence-electron chi connectivity index (χ3n) is 2.78. The summed E-state index contributed by atoms with van der Waals surface area (Å²) in [5.74, 6) is -0.887. The van der Waals surface area contributed by atoms with Crippen LogP contribution >= 0.6 is 11.8 Å². The van der Waals surface area contributed by atoms with Gasteiger partial charge in [-0.1, -0.05) is 0 Å². The number of Topliss-reactive ketones (excluding diaryl/α,β-unsaturated/α-hetero) is 1. The van der Waals surface area contributed by atoms with E-state index in [0.29, 0.717) is 11.3 Å². The maximum Gasteiger partial charge on any atom is 0.316 e. The SMILES string of the molecule is COc1cc(O)c2c(c1)CC(C(=O)O)SCC2=O. The van der Waals surface area contributed by atoms with Crippen molar-refractivity contribution < 1.29 is 24.5 Å². The highest BCUT2D eigenvalue weighted by Crippen LogP contribution is 2.34. The standard InChI is InChI=1S/C12H12O5S/c1-17-7-2-6-3-10(12(15)16)18-5-9(14)11(6)8(13)4-7/h2,4,10,13H,3,5H2,1H3,(H,15,16). The Hall–Kier alpha value is -1.69. The molecule has 1 unspecified atom stereocenters. The van der Waals surface area contributed by atoms with Crippen LogP contribution in [-0.4, -0.2) is 40.1 Å². The summed E-state index contributed by atoms with van der Waals surface area (Å²) in [4.78, 5) is 22.9. The molecule has 2 rings (SSSR count). The molecular weight excluding hydrogens is 256 g/mol. The predicted molar refractivity (Wildman–Crippen MR) is 66.6 cm³/mol. The molecule has 0 spiro atoms. The van der Waals surface area contributed by atoms with Gasteiger partial charge in [0, 0.05) is 6.07 Å². The topological polar surface area (TPSA) is 83.8 Å². The number of rotatable bonds is 2. The Balaban J connectivity index is 2.50. The molecule has 0 amide bonds. The number of carbonyl (C=O) groups is 2. The molecule has 0 saturated heterocycles. The molecule has 18 heavy (non-hydrogen) atoms. The minimum absolute atomic E-state index is 0.0594. The van der Waals surface area contributed by atoms with Crippen LogP contribution in [0.4, 0.5) is 0 Å². The highest BCUT2D eigenvalue weighted by molar-refractivity contribution is 8.01. The van der Waals surface area contributed by atoms with E-state index >= 15 is 0 Å². The normalized spacial score (nSPS) is 18.9. The zero-order chi connectivity index (χ0) is 13.3. The molecule has 1 aliphatic heterocycles. The first-order valence-corrected chi connectivity index (χ1v) is 6.35. The van der Waals surface area contributed by atoms with Crippen LogP contribution in [0.15, 0.2) is 12.1 Å². The predicted octanol–water partition coefficient (Wildman–Crippen LogP) is 1.33. The number of hydrogen-bond acceptors (Lipinski definition) is 5. The molecule has 1 atom stereocenters. The number of thioether (sulfide) groups is 1. The van der Waals surface area contributed by atoms with Crippen LogP contribution in [0.2, 0.25) is 0 Å². The van der Waals surface area contributed by atoms with Crippen LogP contribution in [0, 0.1) is 0 Å². The molecule has 6 heteroatoms. The third kappa shape index (κ3) is 2.28. The van der Waals surface area contributed by atoms with Crippen LogP contribution < -0.4 is 4.74 Å². The van der Waals surface area contributed by atoms with Gasteiger partial charge in [0.2, 0.25) is 0 Å². The lowest BCUT2D eigenvalue weighted by atomic mass is 9.98. The Bertz CT molecular complexity index is 511. The van der Waals surface area contributed by atoms with Crippen molar-refractivity contribution in [2.75, 3.05) is 12.9 Å². The average Bonchev–Trinajstić information content (AvgIpc) is 2.48. The van der Waals surface area contributed by atoms with Crippen LogP contribution in [0.1, 0.15) is 15.9 Å². The molecule has 0 saturated carbocycles. The molecule has 0 bridgehead atoms. The van der Waals surface area contributed by atoms with E-state index in [4.69, 9.17) is 9.84 Å². The third-order valence-corrected chi connectivity index (χ3v) is 3.98. The Morgan fingerprint density at radius 3 is 2.83 bits per heavy atom. The Morgan fingerprint density at radius 2 is 2.22 bits per heavy atom. The van der Waals surface area contributed by atoms with Gasteiger partial charge in [-0.25, -0.2) is 0 Å². The van der Waals surface area contributed by atoms with Gasteiger partial charge in [-0.15, -0.1) is 11.8 Å². The van der Waals surface area contributed by atoms with E-state index in [2.05, 4.69) is 0 Å². The summed E-state index contributed by atoms with van der Waals surface area (Å²) in [6.45, 7) is 0. The summed E-state index contributed by atoms with van der Waals surface area (Å²) >= 11 is 1.08. The fourth-order valence-corrected chi connectivity index (χ4v) is 2.86. The maximum atomic E-state index is 11.9. The Morgan fingerprint density at radius 1 is 1.50 bits per heavy atom. The lowest BCUT2D eigenvalue weighted by Gasteiger charge is -2.11. The largest absolute Gasteiger partial charge is 0.507 e. The van der Waals surface area contributed by atoms with Gasteiger partial charge in [0.05, 0.1) is 18.4 Å². The van der Waals surface area contributed by atoms with E-state index < -0.39 is 11.2 Å². The van der Waals surface area contributed by atoms with Crippen molar-refractivity contribution in [2.45, 2.75) is 11.7 Å². The first-order chi connectivity index (χ1) is 8.52. The van der Waals surface area contributed by atoms with E-state index in [-0.39, 0.29) is 29.3 Å². The first kappa shape index (κ1) is 12.8. The zero-order valence-electron chi connectivity index (χ0n) is 9.67. The van der Waals surface area contributed by atoms with Crippen molar-refractivity contribution in [1.82, 2.24) is 0 Å². The second-order valence-electron chi connectivity index (χ2n) is 3.95. The van der Waals surface area contributed by atoms with Crippen LogP contribution in [-0.2, 0) is 11.2 Å². The van der Waals surface area contributed by atoms with Gasteiger partial charge in [-0.2, -0.15) is 0 Å². The monoisotopic (exact) mass is 268 g/mol. The van der Waals surface area contributed by atoms with E-state index in [1.165, 1.54) is 13.2 Å². The molecular formula is C12H12O5S. The summed E-state index contributed by atoms with van der Waals surface area (Å²) in [7, 11) is 1.45. The van der Waals surface area contributed by atoms with E-state index in [1.54, 1.807) is 6.07 Å². The Kier molecular flexibility index (Phi) is 3.47. The Labute approximate surface area is 108 Å². The minimum atomic E-state index is -0.956. The molecule has 0 aromatic heterocycles. The van der Waals surface area contributed by atoms with Crippen LogP contribution in [0.5, 0.6) is 11.5 Å². The molecule has 96 valence electrons. The summed E-state index contributed by atoms with van der Waals surface area (Å²) in [6.07, 6.45) is 0.200. The summed E-state index contributed by atoms with van der Waals surface area (Å²) in [6, 6.07) is 2.97. The lowest BCUT2D eigenvalue weighted by molar-refractivity contribution is -0.136. The maximum absolute atomic E-state index is 11.9. The number of hydrogen-bond donors (Lipinski definition) is 2. The van der Waals surface area contributed by atoms with Gasteiger partial charge in [0.15, 0.2) is 5.78 Å². The number of fused-ring (bicyclic) bond motifs is 1. The second kappa shape index (κ2) is 4.89. The highest BCUT2D eigenvalue weighted by atomic mass is 32.2. The molecule has 5 nitrogen and oxygen atoms in total. The molecule has 0 fully saturated rings. The number of ether oxygens (including phenoxy) is 1. The lowest BCUT2D eigenvalue weighted by Crippen LogP contribution is -2.18. The number of ketones is 1. The molecule has 1 aromatic carbocycles. The number of carboxylic acid groups (broad SMARTS) is 1. The highest BCUT2D eigenvalue weighted by Gasteiger charge is 2.29. The van der Waals surface area contributed by atoms with Gasteiger partial charge in [-0.05, 0) is 18.1 Å². The minimum Gasteiger partial charge on any atom is -0.507 e. The number of aromatic hydroxyl groups is 1. The summed E-state index contributed by atoms with van der Waals surface area (Å²) in [5.41, 5.74) is 0.737. The van der Waals surface area contributed by atoms with Gasteiger partial charge < -0.3 is 14.9 Å². The van der Waals surface area contributed by atoms with Crippen LogP contribution in [0.3, 0.4) is 0 Å². The van der Waals surface area contributed by atoms with Crippen molar-refractivity contribution in [2.24, 2.45) is 0 Å². The van der Waals surface area contributed by atoms with Gasteiger partial charge in [-0.3, -0.25) is 9.59 Å². The molecule has 0 radical (unpaired) electrons. The van der Waals surface area contributed by atoms with Crippen LogP contribution in [0.25, 0.3) is 0 Å². The van der Waals surface area contributed by atoms with Crippen molar-refractivity contribution in [3.63, 3.8) is 0 Å². The fourth-order valence-electron chi connectivity index (χ4n) is 1.92. The number of phenols is 1. The first-order valence-electron chi connectivity index (χ1n) is 5.30. The summed E-state index contributed by atoms with van der Waals surface area (Å²) < 4.78 is 5.01. The van der Waals surface area contributed by atoms with Crippen molar-refractivity contribution in [1.29, 1.82) is 0 Å². The van der Waals surface area contributed by atoms with Crippen molar-refractivity contribution in [3.05, 3.63) is 23.3 Å². The number of benzene rings is 1. The fraction of sp³-hybridized carbons (Fsp3) is 0.333. The number of phenolic OH excluding ortho intramolecular Hbond substituents is 1. The number of carbonyl (C=O) groups excluding carboxylic acids is 1. The van der Waals surface area contributed by atoms with Gasteiger partial charge in [0.25, 0.3) is 0 Å². The average molecular weight is 268 g/mol. The molecule has 1 aromatic rings. The number of aliphatic carboxylic acids is 1. The number of carboxylic acids is 1. The second-order valence-corrected chi connectivity index (χ2v) is 5.14. The van der Waals surface area contributed by atoms with Gasteiger partial charge >= 0.3 is 5.97 Å². The molecule has 1 aliphatic rings. The number of methoxy groups -OCH3 is 1.